The maximum atomic E-state index is 12.3. The Labute approximate surface area is 145 Å². The second-order valence-electron chi connectivity index (χ2n) is 5.59. The van der Waals surface area contributed by atoms with Crippen LogP contribution in [0.25, 0.3) is 0 Å². The molecule has 1 aromatic carbocycles. The van der Waals surface area contributed by atoms with Gasteiger partial charge < -0.3 is 14.8 Å². The second-order valence-corrected chi connectivity index (χ2v) is 6.67. The lowest BCUT2D eigenvalue weighted by Gasteiger charge is -2.15. The summed E-state index contributed by atoms with van der Waals surface area (Å²) in [5.41, 5.74) is 0.976. The summed E-state index contributed by atoms with van der Waals surface area (Å²) in [7, 11) is 1.32. The normalized spacial score (nSPS) is 11.9. The van der Waals surface area contributed by atoms with Crippen LogP contribution in [0.15, 0.2) is 36.4 Å². The maximum absolute atomic E-state index is 12.3. The van der Waals surface area contributed by atoms with Crippen LogP contribution in [0.2, 0.25) is 0 Å². The van der Waals surface area contributed by atoms with E-state index in [9.17, 15) is 9.59 Å². The highest BCUT2D eigenvalue weighted by Crippen LogP contribution is 2.21. The van der Waals surface area contributed by atoms with Crippen LogP contribution < -0.4 is 10.1 Å². The number of thiophene rings is 1. The molecule has 2 aromatic rings. The number of carbonyl (C=O) groups excluding carboxylic acids is 2. The van der Waals surface area contributed by atoms with Crippen molar-refractivity contribution >= 4 is 23.2 Å². The third kappa shape index (κ3) is 4.58. The lowest BCUT2D eigenvalue weighted by atomic mass is 10.1. The number of ether oxygens (including phenoxy) is 2. The van der Waals surface area contributed by atoms with Crippen molar-refractivity contribution in [3.8, 4) is 5.75 Å². The van der Waals surface area contributed by atoms with Crippen molar-refractivity contribution < 1.29 is 19.1 Å². The van der Waals surface area contributed by atoms with Crippen LogP contribution in [0.1, 0.15) is 51.7 Å². The summed E-state index contributed by atoms with van der Waals surface area (Å²) in [6.45, 7) is 5.85. The number of methoxy groups -OCH3 is 1. The Morgan fingerprint density at radius 2 is 1.62 bits per heavy atom. The van der Waals surface area contributed by atoms with Crippen molar-refractivity contribution in [2.75, 3.05) is 7.11 Å². The molecule has 24 heavy (non-hydrogen) atoms. The van der Waals surface area contributed by atoms with E-state index in [1.165, 1.54) is 7.11 Å². The van der Waals surface area contributed by atoms with Crippen LogP contribution in [-0.4, -0.2) is 25.1 Å². The van der Waals surface area contributed by atoms with Crippen molar-refractivity contribution in [1.29, 1.82) is 0 Å². The third-order valence-corrected chi connectivity index (χ3v) is 4.38. The molecule has 1 unspecified atom stereocenters. The van der Waals surface area contributed by atoms with Gasteiger partial charge in [-0.1, -0.05) is 12.1 Å². The summed E-state index contributed by atoms with van der Waals surface area (Å²) in [6, 6.07) is 10.7. The Kier molecular flexibility index (Phi) is 5.98. The van der Waals surface area contributed by atoms with Gasteiger partial charge in [-0.15, -0.1) is 11.3 Å². The molecule has 6 heteroatoms. The number of esters is 1. The van der Waals surface area contributed by atoms with Crippen molar-refractivity contribution in [2.24, 2.45) is 0 Å². The highest BCUT2D eigenvalue weighted by atomic mass is 32.1. The van der Waals surface area contributed by atoms with E-state index in [4.69, 9.17) is 4.74 Å². The molecule has 0 bridgehead atoms. The van der Waals surface area contributed by atoms with Gasteiger partial charge in [-0.05, 0) is 50.6 Å². The fourth-order valence-corrected chi connectivity index (χ4v) is 2.96. The van der Waals surface area contributed by atoms with Crippen LogP contribution >= 0.6 is 11.3 Å². The van der Waals surface area contributed by atoms with Gasteiger partial charge in [0.15, 0.2) is 0 Å². The number of rotatable bonds is 6. The number of benzene rings is 1. The van der Waals surface area contributed by atoms with Crippen LogP contribution in [0.4, 0.5) is 0 Å². The largest absolute Gasteiger partial charge is 0.491 e. The first-order chi connectivity index (χ1) is 11.4. The molecule has 0 spiro atoms. The van der Waals surface area contributed by atoms with E-state index in [0.717, 1.165) is 22.6 Å². The first kappa shape index (κ1) is 18.0. The fourth-order valence-electron chi connectivity index (χ4n) is 2.13. The molecule has 128 valence electrons. The Bertz CT molecular complexity index is 706. The van der Waals surface area contributed by atoms with Gasteiger partial charge >= 0.3 is 5.97 Å². The molecular formula is C18H21NO4S. The summed E-state index contributed by atoms with van der Waals surface area (Å²) in [5, 5.41) is 2.92. The summed E-state index contributed by atoms with van der Waals surface area (Å²) in [6.07, 6.45) is 0.121. The van der Waals surface area contributed by atoms with Crippen LogP contribution in [0, 0.1) is 0 Å². The average molecular weight is 347 g/mol. The molecule has 1 N–H and O–H groups in total. The molecule has 0 saturated heterocycles. The zero-order valence-corrected chi connectivity index (χ0v) is 15.0. The zero-order valence-electron chi connectivity index (χ0n) is 14.2. The van der Waals surface area contributed by atoms with E-state index in [1.54, 1.807) is 12.1 Å². The Morgan fingerprint density at radius 1 is 1.00 bits per heavy atom. The lowest BCUT2D eigenvalue weighted by molar-refractivity contribution is 0.0606. The average Bonchev–Trinajstić information content (AvgIpc) is 3.04. The van der Waals surface area contributed by atoms with Gasteiger partial charge in [0.2, 0.25) is 0 Å². The number of carbonyl (C=O) groups is 2. The van der Waals surface area contributed by atoms with Crippen LogP contribution in [-0.2, 0) is 4.74 Å². The summed E-state index contributed by atoms with van der Waals surface area (Å²) >= 11 is 1.11. The van der Waals surface area contributed by atoms with Crippen molar-refractivity contribution in [3.63, 3.8) is 0 Å². The number of hydrogen-bond donors (Lipinski definition) is 1. The van der Waals surface area contributed by atoms with Gasteiger partial charge in [0.1, 0.15) is 10.6 Å². The van der Waals surface area contributed by atoms with Crippen LogP contribution in [0.5, 0.6) is 5.75 Å². The van der Waals surface area contributed by atoms with E-state index in [-0.39, 0.29) is 18.1 Å². The highest BCUT2D eigenvalue weighted by molar-refractivity contribution is 7.15. The first-order valence-electron chi connectivity index (χ1n) is 7.66. The van der Waals surface area contributed by atoms with Gasteiger partial charge in [-0.2, -0.15) is 0 Å². The van der Waals surface area contributed by atoms with E-state index in [0.29, 0.717) is 9.75 Å². The minimum atomic E-state index is -0.437. The smallest absolute Gasteiger partial charge is 0.348 e. The molecule has 1 atom stereocenters. The van der Waals surface area contributed by atoms with Crippen molar-refractivity contribution in [2.45, 2.75) is 32.9 Å². The Hall–Kier alpha value is -2.34. The van der Waals surface area contributed by atoms with Gasteiger partial charge in [0.25, 0.3) is 5.91 Å². The number of amides is 1. The van der Waals surface area contributed by atoms with E-state index in [2.05, 4.69) is 10.1 Å². The molecule has 0 aliphatic heterocycles. The van der Waals surface area contributed by atoms with Gasteiger partial charge in [-0.3, -0.25) is 4.79 Å². The van der Waals surface area contributed by atoms with E-state index >= 15 is 0 Å². The molecular weight excluding hydrogens is 326 g/mol. The standard InChI is InChI=1S/C18H21NO4S/c1-11(2)23-14-7-5-13(6-8-14)12(3)19-17(20)15-9-10-16(24-15)18(21)22-4/h5-12H,1-4H3,(H,19,20). The van der Waals surface area contributed by atoms with Gasteiger partial charge in [-0.25, -0.2) is 4.79 Å². The predicted molar refractivity (Wildman–Crippen MR) is 93.7 cm³/mol. The molecule has 5 nitrogen and oxygen atoms in total. The van der Waals surface area contributed by atoms with Crippen LogP contribution in [0.3, 0.4) is 0 Å². The molecule has 0 aliphatic carbocycles. The lowest BCUT2D eigenvalue weighted by Crippen LogP contribution is -2.25. The summed E-state index contributed by atoms with van der Waals surface area (Å²) in [4.78, 5) is 24.6. The minimum absolute atomic E-state index is 0.121. The third-order valence-electron chi connectivity index (χ3n) is 3.32. The molecule has 0 saturated carbocycles. The Morgan fingerprint density at radius 3 is 2.21 bits per heavy atom. The van der Waals surface area contributed by atoms with Crippen molar-refractivity contribution in [3.05, 3.63) is 51.7 Å². The monoisotopic (exact) mass is 347 g/mol. The second kappa shape index (κ2) is 7.97. The number of nitrogens with one attached hydrogen (secondary N) is 1. The molecule has 1 amide bonds. The van der Waals surface area contributed by atoms with E-state index in [1.807, 2.05) is 45.0 Å². The van der Waals surface area contributed by atoms with Gasteiger partial charge in [0, 0.05) is 0 Å². The maximum Gasteiger partial charge on any atom is 0.348 e. The molecule has 0 fully saturated rings. The molecule has 0 radical (unpaired) electrons. The Balaban J connectivity index is 2.00. The summed E-state index contributed by atoms with van der Waals surface area (Å²) < 4.78 is 10.3. The zero-order chi connectivity index (χ0) is 17.7. The highest BCUT2D eigenvalue weighted by Gasteiger charge is 2.16. The summed E-state index contributed by atoms with van der Waals surface area (Å²) in [5.74, 6) is 0.145. The quantitative estimate of drug-likeness (QED) is 0.807. The fraction of sp³-hybridized carbons (Fsp3) is 0.333. The molecule has 1 aromatic heterocycles. The van der Waals surface area contributed by atoms with Crippen molar-refractivity contribution in [1.82, 2.24) is 5.32 Å². The molecule has 2 rings (SSSR count). The van der Waals surface area contributed by atoms with E-state index < -0.39 is 5.97 Å². The number of hydrogen-bond acceptors (Lipinski definition) is 5. The predicted octanol–water partition coefficient (Wildman–Crippen LogP) is 3.81. The van der Waals surface area contributed by atoms with Gasteiger partial charge in [0.05, 0.1) is 24.1 Å². The molecule has 1 heterocycles. The minimum Gasteiger partial charge on any atom is -0.491 e. The SMILES string of the molecule is COC(=O)c1ccc(C(=O)NC(C)c2ccc(OC(C)C)cc2)s1. The topological polar surface area (TPSA) is 64.6 Å². The molecule has 0 aliphatic rings. The first-order valence-corrected chi connectivity index (χ1v) is 8.48.